The van der Waals surface area contributed by atoms with Gasteiger partial charge in [-0.3, -0.25) is 0 Å². The van der Waals surface area contributed by atoms with Gasteiger partial charge < -0.3 is 4.98 Å². The molecule has 0 aliphatic heterocycles. The molecule has 1 nitrogen and oxygen atoms in total. The van der Waals surface area contributed by atoms with E-state index < -0.39 is 0 Å². The maximum absolute atomic E-state index is 3.19. The number of aromatic amines is 1. The highest BCUT2D eigenvalue weighted by Gasteiger charge is 1.93. The lowest BCUT2D eigenvalue weighted by atomic mass is 10.2. The Labute approximate surface area is 73.4 Å². The summed E-state index contributed by atoms with van der Waals surface area (Å²) >= 11 is 0. The van der Waals surface area contributed by atoms with Crippen LogP contribution in [-0.4, -0.2) is 4.98 Å². The van der Waals surface area contributed by atoms with Gasteiger partial charge in [0.2, 0.25) is 0 Å². The van der Waals surface area contributed by atoms with Gasteiger partial charge in [0.05, 0.1) is 0 Å². The predicted molar refractivity (Wildman–Crippen MR) is 54.4 cm³/mol. The first kappa shape index (κ1) is 8.85. The molecular formula is C11H15N. The van der Waals surface area contributed by atoms with E-state index in [9.17, 15) is 0 Å². The number of nitrogens with one attached hydrogen (secondary N) is 1. The molecule has 64 valence electrons. The van der Waals surface area contributed by atoms with Crippen molar-refractivity contribution in [3.63, 3.8) is 0 Å². The number of hydrogen-bond donors (Lipinski definition) is 1. The summed E-state index contributed by atoms with van der Waals surface area (Å²) < 4.78 is 0. The number of benzene rings is 1. The normalized spacial score (nSPS) is 9.25. The smallest absolute Gasteiger partial charge is 0.0483 e. The van der Waals surface area contributed by atoms with Crippen molar-refractivity contribution in [2.24, 2.45) is 0 Å². The Morgan fingerprint density at radius 1 is 1.08 bits per heavy atom. The average molecular weight is 161 g/mol. The van der Waals surface area contributed by atoms with Crippen molar-refractivity contribution in [3.05, 3.63) is 36.0 Å². The van der Waals surface area contributed by atoms with Crippen molar-refractivity contribution in [1.29, 1.82) is 0 Å². The Kier molecular flexibility index (Phi) is 2.92. The van der Waals surface area contributed by atoms with Crippen LogP contribution in [0.25, 0.3) is 10.9 Å². The molecule has 0 saturated heterocycles. The van der Waals surface area contributed by atoms with Crippen molar-refractivity contribution < 1.29 is 0 Å². The number of hydrogen-bond acceptors (Lipinski definition) is 0. The van der Waals surface area contributed by atoms with E-state index in [-0.39, 0.29) is 0 Å². The lowest BCUT2D eigenvalue weighted by Crippen LogP contribution is -1.72. The van der Waals surface area contributed by atoms with E-state index in [4.69, 9.17) is 0 Å². The number of para-hydroxylation sites is 1. The third-order valence-corrected chi connectivity index (χ3v) is 1.80. The van der Waals surface area contributed by atoms with Gasteiger partial charge in [0.25, 0.3) is 0 Å². The van der Waals surface area contributed by atoms with Crippen LogP contribution in [0.4, 0.5) is 0 Å². The monoisotopic (exact) mass is 161 g/mol. The second-order valence-corrected chi connectivity index (χ2v) is 2.52. The molecule has 1 N–H and O–H groups in total. The van der Waals surface area contributed by atoms with Crippen molar-refractivity contribution in [3.8, 4) is 0 Å². The Morgan fingerprint density at radius 3 is 2.50 bits per heavy atom. The van der Waals surface area contributed by atoms with Gasteiger partial charge in [0, 0.05) is 11.7 Å². The van der Waals surface area contributed by atoms with E-state index in [1.807, 2.05) is 20.0 Å². The molecule has 0 amide bonds. The van der Waals surface area contributed by atoms with Crippen molar-refractivity contribution in [2.75, 3.05) is 0 Å². The number of H-pyrrole nitrogens is 1. The van der Waals surface area contributed by atoms with Crippen LogP contribution in [0.3, 0.4) is 0 Å². The average Bonchev–Trinajstić information content (AvgIpc) is 2.57. The number of fused-ring (bicyclic) bond motifs is 1. The molecule has 0 saturated carbocycles. The van der Waals surface area contributed by atoms with Crippen molar-refractivity contribution in [2.45, 2.75) is 20.8 Å². The van der Waals surface area contributed by atoms with Crippen molar-refractivity contribution >= 4 is 10.9 Å². The molecule has 0 radical (unpaired) electrons. The third-order valence-electron chi connectivity index (χ3n) is 1.80. The highest BCUT2D eigenvalue weighted by Crippen LogP contribution is 2.14. The summed E-state index contributed by atoms with van der Waals surface area (Å²) in [6.45, 7) is 6.11. The molecule has 1 aromatic carbocycles. The maximum atomic E-state index is 3.19. The largest absolute Gasteiger partial charge is 0.361 e. The summed E-state index contributed by atoms with van der Waals surface area (Å²) in [5.41, 5.74) is 2.56. The molecule has 0 atom stereocenters. The van der Waals surface area contributed by atoms with Crippen LogP contribution in [0.5, 0.6) is 0 Å². The zero-order valence-corrected chi connectivity index (χ0v) is 7.89. The molecule has 12 heavy (non-hydrogen) atoms. The summed E-state index contributed by atoms with van der Waals surface area (Å²) in [5.74, 6) is 0. The first-order valence-electron chi connectivity index (χ1n) is 4.40. The Morgan fingerprint density at radius 2 is 1.83 bits per heavy atom. The SMILES string of the molecule is CC.Cc1cccc2cc[nH]c12. The summed E-state index contributed by atoms with van der Waals surface area (Å²) in [5, 5.41) is 1.29. The summed E-state index contributed by atoms with van der Waals surface area (Å²) in [7, 11) is 0. The molecule has 0 spiro atoms. The topological polar surface area (TPSA) is 15.8 Å². The van der Waals surface area contributed by atoms with E-state index in [2.05, 4.69) is 36.2 Å². The summed E-state index contributed by atoms with van der Waals surface area (Å²) in [4.78, 5) is 3.19. The summed E-state index contributed by atoms with van der Waals surface area (Å²) in [6.07, 6.45) is 1.97. The fraction of sp³-hybridized carbons (Fsp3) is 0.273. The minimum absolute atomic E-state index is 1.25. The van der Waals surface area contributed by atoms with Gasteiger partial charge >= 0.3 is 0 Å². The zero-order chi connectivity index (χ0) is 8.97. The van der Waals surface area contributed by atoms with Gasteiger partial charge in [-0.25, -0.2) is 0 Å². The molecule has 0 bridgehead atoms. The molecule has 1 heterocycles. The zero-order valence-electron chi connectivity index (χ0n) is 7.89. The van der Waals surface area contributed by atoms with E-state index in [1.165, 1.54) is 16.5 Å². The molecule has 0 fully saturated rings. The Hall–Kier alpha value is -1.24. The Bertz CT molecular complexity index is 347. The second-order valence-electron chi connectivity index (χ2n) is 2.52. The molecular weight excluding hydrogens is 146 g/mol. The fourth-order valence-electron chi connectivity index (χ4n) is 1.24. The van der Waals surface area contributed by atoms with Crippen LogP contribution in [0.1, 0.15) is 19.4 Å². The Balaban J connectivity index is 0.000000336. The van der Waals surface area contributed by atoms with E-state index >= 15 is 0 Å². The van der Waals surface area contributed by atoms with Gasteiger partial charge in [-0.05, 0) is 23.9 Å². The number of rotatable bonds is 0. The molecule has 2 rings (SSSR count). The molecule has 1 heteroatoms. The predicted octanol–water partition coefficient (Wildman–Crippen LogP) is 3.50. The van der Waals surface area contributed by atoms with Crippen LogP contribution in [0.2, 0.25) is 0 Å². The highest BCUT2D eigenvalue weighted by molar-refractivity contribution is 5.82. The van der Waals surface area contributed by atoms with Gasteiger partial charge in [0.15, 0.2) is 0 Å². The summed E-state index contributed by atoms with van der Waals surface area (Å²) in [6, 6.07) is 8.38. The van der Waals surface area contributed by atoms with Crippen LogP contribution < -0.4 is 0 Å². The lowest BCUT2D eigenvalue weighted by Gasteiger charge is -1.92. The lowest BCUT2D eigenvalue weighted by molar-refractivity contribution is 1.42. The van der Waals surface area contributed by atoms with E-state index in [1.54, 1.807) is 0 Å². The molecule has 0 aliphatic carbocycles. The second kappa shape index (κ2) is 3.96. The molecule has 0 aliphatic rings. The van der Waals surface area contributed by atoms with Crippen LogP contribution in [0.15, 0.2) is 30.5 Å². The minimum Gasteiger partial charge on any atom is -0.361 e. The number of aromatic nitrogens is 1. The first-order chi connectivity index (χ1) is 5.88. The van der Waals surface area contributed by atoms with E-state index in [0.717, 1.165) is 0 Å². The third kappa shape index (κ3) is 1.50. The van der Waals surface area contributed by atoms with Gasteiger partial charge in [0.1, 0.15) is 0 Å². The van der Waals surface area contributed by atoms with Gasteiger partial charge in [-0.15, -0.1) is 0 Å². The molecule has 2 aromatic rings. The molecule has 1 aromatic heterocycles. The van der Waals surface area contributed by atoms with Gasteiger partial charge in [-0.1, -0.05) is 32.0 Å². The number of aryl methyl sites for hydroxylation is 1. The molecule has 0 unspecified atom stereocenters. The highest BCUT2D eigenvalue weighted by atomic mass is 14.7. The standard InChI is InChI=1S/C9H9N.C2H6/c1-7-3-2-4-8-5-6-10-9(7)8;1-2/h2-6,10H,1H3;1-2H3. The van der Waals surface area contributed by atoms with E-state index in [0.29, 0.717) is 0 Å². The van der Waals surface area contributed by atoms with Gasteiger partial charge in [-0.2, -0.15) is 0 Å². The minimum atomic E-state index is 1.25. The fourth-order valence-corrected chi connectivity index (χ4v) is 1.24. The quantitative estimate of drug-likeness (QED) is 0.608. The van der Waals surface area contributed by atoms with Crippen molar-refractivity contribution in [1.82, 2.24) is 4.98 Å². The first-order valence-corrected chi connectivity index (χ1v) is 4.40. The van der Waals surface area contributed by atoms with Crippen LogP contribution in [0, 0.1) is 6.92 Å². The van der Waals surface area contributed by atoms with Crippen LogP contribution >= 0.6 is 0 Å². The maximum Gasteiger partial charge on any atom is 0.0483 e. The van der Waals surface area contributed by atoms with Crippen LogP contribution in [-0.2, 0) is 0 Å².